The predicted octanol–water partition coefficient (Wildman–Crippen LogP) is 3.24. The highest BCUT2D eigenvalue weighted by atomic mass is 32.2. The smallest absolute Gasteiger partial charge is 0.232 e. The van der Waals surface area contributed by atoms with E-state index in [2.05, 4.69) is 5.32 Å². The second-order valence-corrected chi connectivity index (χ2v) is 7.76. The number of halogens is 1. The number of benzene rings is 2. The van der Waals surface area contributed by atoms with Gasteiger partial charge in [0.05, 0.1) is 17.6 Å². The fourth-order valence-corrected chi connectivity index (χ4v) is 3.66. The molecule has 0 heterocycles. The van der Waals surface area contributed by atoms with Crippen LogP contribution in [0.4, 0.5) is 15.8 Å². The Bertz CT molecular complexity index is 861. The van der Waals surface area contributed by atoms with Gasteiger partial charge in [0.2, 0.25) is 15.9 Å². The molecule has 0 saturated heterocycles. The van der Waals surface area contributed by atoms with Gasteiger partial charge in [-0.25, -0.2) is 12.8 Å². The zero-order valence-corrected chi connectivity index (χ0v) is 15.2. The van der Waals surface area contributed by atoms with Crippen LogP contribution in [0.25, 0.3) is 0 Å². The number of amides is 1. The molecule has 0 aromatic heterocycles. The Morgan fingerprint density at radius 2 is 1.68 bits per heavy atom. The molecule has 0 atom stereocenters. The number of para-hydroxylation sites is 2. The normalized spacial score (nSPS) is 11.2. The summed E-state index contributed by atoms with van der Waals surface area (Å²) in [7, 11) is -3.56. The van der Waals surface area contributed by atoms with Gasteiger partial charge in [-0.2, -0.15) is 0 Å². The number of anilines is 2. The van der Waals surface area contributed by atoms with Crippen LogP contribution in [0.2, 0.25) is 0 Å². The van der Waals surface area contributed by atoms with Gasteiger partial charge in [-0.1, -0.05) is 30.3 Å². The quantitative estimate of drug-likeness (QED) is 0.856. The first-order chi connectivity index (χ1) is 11.7. The lowest BCUT2D eigenvalue weighted by Crippen LogP contribution is -2.34. The van der Waals surface area contributed by atoms with Crippen molar-refractivity contribution >= 4 is 27.3 Å². The molecule has 1 amide bonds. The summed E-state index contributed by atoms with van der Waals surface area (Å²) in [5.41, 5.74) is 2.26. The van der Waals surface area contributed by atoms with Crippen molar-refractivity contribution in [1.29, 1.82) is 0 Å². The third-order valence-electron chi connectivity index (χ3n) is 3.78. The Morgan fingerprint density at radius 3 is 2.24 bits per heavy atom. The Kier molecular flexibility index (Phi) is 5.79. The van der Waals surface area contributed by atoms with Crippen molar-refractivity contribution < 1.29 is 17.6 Å². The minimum atomic E-state index is -3.56. The van der Waals surface area contributed by atoms with E-state index in [-0.39, 0.29) is 18.7 Å². The summed E-state index contributed by atoms with van der Waals surface area (Å²) in [6.07, 6.45) is 1.02. The highest BCUT2D eigenvalue weighted by Gasteiger charge is 2.22. The summed E-state index contributed by atoms with van der Waals surface area (Å²) in [6, 6.07) is 11.3. The summed E-state index contributed by atoms with van der Waals surface area (Å²) >= 11 is 0. The van der Waals surface area contributed by atoms with Crippen molar-refractivity contribution in [1.82, 2.24) is 0 Å². The SMILES string of the molecule is Cc1cccc(C)c1N(CCC(=O)Nc1ccccc1F)S(C)(=O)=O. The molecule has 1 N–H and O–H groups in total. The second-order valence-electron chi connectivity index (χ2n) is 5.85. The molecule has 0 bridgehead atoms. The van der Waals surface area contributed by atoms with E-state index in [1.54, 1.807) is 6.07 Å². The monoisotopic (exact) mass is 364 g/mol. The van der Waals surface area contributed by atoms with Crippen LogP contribution in [0, 0.1) is 19.7 Å². The molecule has 0 aliphatic rings. The minimum Gasteiger partial charge on any atom is -0.324 e. The maximum atomic E-state index is 13.6. The molecule has 0 radical (unpaired) electrons. The number of nitrogens with zero attached hydrogens (tertiary/aromatic N) is 1. The van der Waals surface area contributed by atoms with Crippen LogP contribution in [0.5, 0.6) is 0 Å². The van der Waals surface area contributed by atoms with E-state index in [1.165, 1.54) is 22.5 Å². The molecule has 0 aliphatic carbocycles. The molecule has 0 fully saturated rings. The van der Waals surface area contributed by atoms with Crippen molar-refractivity contribution in [3.05, 3.63) is 59.4 Å². The Labute approximate surface area is 147 Å². The molecular weight excluding hydrogens is 343 g/mol. The van der Waals surface area contributed by atoms with Crippen molar-refractivity contribution in [2.75, 3.05) is 22.4 Å². The molecule has 25 heavy (non-hydrogen) atoms. The molecule has 0 unspecified atom stereocenters. The molecule has 2 aromatic carbocycles. The van der Waals surface area contributed by atoms with Gasteiger partial charge >= 0.3 is 0 Å². The number of aryl methyl sites for hydroxylation is 2. The van der Waals surface area contributed by atoms with E-state index in [4.69, 9.17) is 0 Å². The summed E-state index contributed by atoms with van der Waals surface area (Å²) < 4.78 is 39.2. The number of hydrogen-bond donors (Lipinski definition) is 1. The van der Waals surface area contributed by atoms with E-state index in [1.807, 2.05) is 32.0 Å². The van der Waals surface area contributed by atoms with E-state index in [0.717, 1.165) is 17.4 Å². The molecule has 7 heteroatoms. The number of carbonyl (C=O) groups is 1. The average Bonchev–Trinajstić information content (AvgIpc) is 2.51. The standard InChI is InChI=1S/C18H21FN2O3S/c1-13-7-6-8-14(2)18(13)21(25(3,23)24)12-11-17(22)20-16-10-5-4-9-15(16)19/h4-10H,11-12H2,1-3H3,(H,20,22). The largest absolute Gasteiger partial charge is 0.324 e. The summed E-state index contributed by atoms with van der Waals surface area (Å²) in [5, 5.41) is 2.46. The summed E-state index contributed by atoms with van der Waals surface area (Å²) in [4.78, 5) is 12.1. The molecule has 0 saturated carbocycles. The van der Waals surface area contributed by atoms with Gasteiger partial charge in [-0.15, -0.1) is 0 Å². The number of nitrogens with one attached hydrogen (secondary N) is 1. The van der Waals surface area contributed by atoms with Crippen LogP contribution in [0.3, 0.4) is 0 Å². The maximum absolute atomic E-state index is 13.6. The van der Waals surface area contributed by atoms with Crippen LogP contribution < -0.4 is 9.62 Å². The van der Waals surface area contributed by atoms with Crippen LogP contribution in [-0.4, -0.2) is 27.1 Å². The van der Waals surface area contributed by atoms with Gasteiger partial charge in [-0.3, -0.25) is 9.10 Å². The topological polar surface area (TPSA) is 66.5 Å². The Morgan fingerprint density at radius 1 is 1.08 bits per heavy atom. The van der Waals surface area contributed by atoms with Gasteiger partial charge in [-0.05, 0) is 37.1 Å². The summed E-state index contributed by atoms with van der Waals surface area (Å²) in [5.74, 6) is -0.990. The molecule has 2 aromatic rings. The van der Waals surface area contributed by atoms with Crippen LogP contribution in [0.1, 0.15) is 17.5 Å². The van der Waals surface area contributed by atoms with Gasteiger partial charge in [0.1, 0.15) is 5.82 Å². The number of rotatable bonds is 6. The number of carbonyl (C=O) groups excluding carboxylic acids is 1. The fraction of sp³-hybridized carbons (Fsp3) is 0.278. The Balaban J connectivity index is 2.17. The molecule has 134 valence electrons. The summed E-state index contributed by atoms with van der Waals surface area (Å²) in [6.45, 7) is 3.62. The first kappa shape index (κ1) is 18.9. The molecule has 0 spiro atoms. The highest BCUT2D eigenvalue weighted by molar-refractivity contribution is 7.92. The fourth-order valence-electron chi connectivity index (χ4n) is 2.62. The molecular formula is C18H21FN2O3S. The van der Waals surface area contributed by atoms with Gasteiger partial charge < -0.3 is 5.32 Å². The second kappa shape index (κ2) is 7.65. The Hall–Kier alpha value is -2.41. The van der Waals surface area contributed by atoms with Crippen molar-refractivity contribution in [3.8, 4) is 0 Å². The first-order valence-electron chi connectivity index (χ1n) is 7.78. The number of sulfonamides is 1. The van der Waals surface area contributed by atoms with Crippen molar-refractivity contribution in [3.63, 3.8) is 0 Å². The predicted molar refractivity (Wildman–Crippen MR) is 97.8 cm³/mol. The van der Waals surface area contributed by atoms with E-state index in [0.29, 0.717) is 5.69 Å². The van der Waals surface area contributed by atoms with E-state index in [9.17, 15) is 17.6 Å². The van der Waals surface area contributed by atoms with Crippen LogP contribution in [0.15, 0.2) is 42.5 Å². The van der Waals surface area contributed by atoms with E-state index < -0.39 is 21.7 Å². The third-order valence-corrected chi connectivity index (χ3v) is 4.94. The maximum Gasteiger partial charge on any atom is 0.232 e. The molecule has 5 nitrogen and oxygen atoms in total. The van der Waals surface area contributed by atoms with Crippen molar-refractivity contribution in [2.24, 2.45) is 0 Å². The number of hydrogen-bond acceptors (Lipinski definition) is 3. The van der Waals surface area contributed by atoms with Gasteiger partial charge in [0.25, 0.3) is 0 Å². The van der Waals surface area contributed by atoms with Gasteiger partial charge in [0, 0.05) is 13.0 Å². The lowest BCUT2D eigenvalue weighted by Gasteiger charge is -2.25. The average molecular weight is 364 g/mol. The third kappa shape index (κ3) is 4.79. The zero-order chi connectivity index (χ0) is 18.6. The van der Waals surface area contributed by atoms with Crippen LogP contribution >= 0.6 is 0 Å². The zero-order valence-electron chi connectivity index (χ0n) is 14.4. The molecule has 0 aliphatic heterocycles. The lowest BCUT2D eigenvalue weighted by atomic mass is 10.1. The first-order valence-corrected chi connectivity index (χ1v) is 9.63. The van der Waals surface area contributed by atoms with Gasteiger partial charge in [0.15, 0.2) is 0 Å². The highest BCUT2D eigenvalue weighted by Crippen LogP contribution is 2.27. The van der Waals surface area contributed by atoms with Crippen molar-refractivity contribution in [2.45, 2.75) is 20.3 Å². The molecule has 2 rings (SSSR count). The van der Waals surface area contributed by atoms with Crippen LogP contribution in [-0.2, 0) is 14.8 Å². The van der Waals surface area contributed by atoms with E-state index >= 15 is 0 Å². The lowest BCUT2D eigenvalue weighted by molar-refractivity contribution is -0.116. The minimum absolute atomic E-state index is 0.0230.